The number of nitrogens with one attached hydrogen (secondary N) is 1. The molecule has 0 aromatic heterocycles. The van der Waals surface area contributed by atoms with Crippen molar-refractivity contribution in [3.05, 3.63) is 29.3 Å². The molecule has 0 saturated carbocycles. The fourth-order valence-electron chi connectivity index (χ4n) is 2.09. The van der Waals surface area contributed by atoms with E-state index in [1.807, 2.05) is 6.07 Å². The van der Waals surface area contributed by atoms with Gasteiger partial charge in [0.15, 0.2) is 0 Å². The fraction of sp³-hybridized carbons (Fsp3) is 0.600. The molecule has 1 rings (SSSR count). The maximum Gasteiger partial charge on any atom is 0.122 e. The van der Waals surface area contributed by atoms with Gasteiger partial charge < -0.3 is 15.8 Å². The van der Waals surface area contributed by atoms with Crippen LogP contribution in [0.15, 0.2) is 18.2 Å². The average Bonchev–Trinajstić information content (AvgIpc) is 2.34. The lowest BCUT2D eigenvalue weighted by Crippen LogP contribution is -2.41. The lowest BCUT2D eigenvalue weighted by Gasteiger charge is -2.20. The first kappa shape index (κ1) is 15.0. The van der Waals surface area contributed by atoms with Gasteiger partial charge in [0.1, 0.15) is 5.75 Å². The Labute approximate surface area is 111 Å². The van der Waals surface area contributed by atoms with Crippen molar-refractivity contribution in [1.29, 1.82) is 0 Å². The van der Waals surface area contributed by atoms with Crippen LogP contribution in [0.2, 0.25) is 0 Å². The number of rotatable bonds is 7. The van der Waals surface area contributed by atoms with E-state index >= 15 is 0 Å². The molecule has 3 nitrogen and oxygen atoms in total. The largest absolute Gasteiger partial charge is 0.496 e. The highest BCUT2D eigenvalue weighted by Gasteiger charge is 2.10. The van der Waals surface area contributed by atoms with Crippen molar-refractivity contribution >= 4 is 0 Å². The summed E-state index contributed by atoms with van der Waals surface area (Å²) >= 11 is 0. The summed E-state index contributed by atoms with van der Waals surface area (Å²) in [5, 5.41) is 3.51. The Hall–Kier alpha value is -1.06. The molecule has 0 heterocycles. The van der Waals surface area contributed by atoms with Gasteiger partial charge in [-0.15, -0.1) is 0 Å². The first-order valence-electron chi connectivity index (χ1n) is 6.65. The number of aryl methyl sites for hydroxylation is 1. The molecule has 0 fully saturated rings. The van der Waals surface area contributed by atoms with Crippen molar-refractivity contribution in [3.63, 3.8) is 0 Å². The van der Waals surface area contributed by atoms with Crippen molar-refractivity contribution < 1.29 is 4.74 Å². The summed E-state index contributed by atoms with van der Waals surface area (Å²) < 4.78 is 5.38. The Morgan fingerprint density at radius 3 is 2.61 bits per heavy atom. The Morgan fingerprint density at radius 1 is 1.33 bits per heavy atom. The molecule has 0 radical (unpaired) electrons. The van der Waals surface area contributed by atoms with Crippen molar-refractivity contribution in [3.8, 4) is 5.75 Å². The van der Waals surface area contributed by atoms with E-state index in [2.05, 4.69) is 38.2 Å². The summed E-state index contributed by atoms with van der Waals surface area (Å²) in [7, 11) is 1.72. The molecule has 3 N–H and O–H groups in total. The zero-order chi connectivity index (χ0) is 13.5. The van der Waals surface area contributed by atoms with Gasteiger partial charge in [-0.3, -0.25) is 0 Å². The van der Waals surface area contributed by atoms with Crippen LogP contribution in [0.4, 0.5) is 0 Å². The van der Waals surface area contributed by atoms with Crippen LogP contribution in [0.1, 0.15) is 25.0 Å². The Kier molecular flexibility index (Phi) is 6.16. The molecule has 0 spiro atoms. The van der Waals surface area contributed by atoms with Gasteiger partial charge >= 0.3 is 0 Å². The minimum absolute atomic E-state index is 0.390. The maximum atomic E-state index is 5.75. The molecule has 102 valence electrons. The third-order valence-corrected chi connectivity index (χ3v) is 3.30. The Morgan fingerprint density at radius 2 is 2.06 bits per heavy atom. The standard InChI is InChI=1S/C15H26N2O/c1-11(2)14(10-16)17-8-7-13-9-12(3)5-6-15(13)18-4/h5-6,9,11,14,17H,7-8,10,16H2,1-4H3. The van der Waals surface area contributed by atoms with Crippen LogP contribution in [0.5, 0.6) is 5.75 Å². The Balaban J connectivity index is 2.55. The van der Waals surface area contributed by atoms with Crippen molar-refractivity contribution in [2.45, 2.75) is 33.2 Å². The first-order valence-corrected chi connectivity index (χ1v) is 6.65. The van der Waals surface area contributed by atoms with E-state index in [-0.39, 0.29) is 0 Å². The van der Waals surface area contributed by atoms with Gasteiger partial charge in [0.25, 0.3) is 0 Å². The molecule has 0 bridgehead atoms. The smallest absolute Gasteiger partial charge is 0.122 e. The summed E-state index contributed by atoms with van der Waals surface area (Å²) in [4.78, 5) is 0. The number of hydrogen-bond donors (Lipinski definition) is 2. The number of ether oxygens (including phenoxy) is 1. The molecule has 3 heteroatoms. The van der Waals surface area contributed by atoms with E-state index in [0.717, 1.165) is 18.7 Å². The molecule has 1 atom stereocenters. The highest BCUT2D eigenvalue weighted by atomic mass is 16.5. The summed E-state index contributed by atoms with van der Waals surface area (Å²) in [6, 6.07) is 6.69. The topological polar surface area (TPSA) is 47.3 Å². The fourth-order valence-corrected chi connectivity index (χ4v) is 2.09. The number of methoxy groups -OCH3 is 1. The lowest BCUT2D eigenvalue weighted by atomic mass is 10.0. The molecule has 18 heavy (non-hydrogen) atoms. The van der Waals surface area contributed by atoms with Crippen LogP contribution in [0.25, 0.3) is 0 Å². The van der Waals surface area contributed by atoms with Gasteiger partial charge in [-0.25, -0.2) is 0 Å². The summed E-state index contributed by atoms with van der Waals surface area (Å²) in [6.45, 7) is 8.10. The van der Waals surface area contributed by atoms with E-state index < -0.39 is 0 Å². The van der Waals surface area contributed by atoms with Crippen LogP contribution in [0, 0.1) is 12.8 Å². The predicted molar refractivity (Wildman–Crippen MR) is 77.1 cm³/mol. The molecular weight excluding hydrogens is 224 g/mol. The molecule has 1 unspecified atom stereocenters. The van der Waals surface area contributed by atoms with Crippen LogP contribution in [0.3, 0.4) is 0 Å². The van der Waals surface area contributed by atoms with Gasteiger partial charge in [-0.2, -0.15) is 0 Å². The van der Waals surface area contributed by atoms with Crippen molar-refractivity contribution in [1.82, 2.24) is 5.32 Å². The zero-order valence-corrected chi connectivity index (χ0v) is 12.0. The first-order chi connectivity index (χ1) is 8.58. The highest BCUT2D eigenvalue weighted by Crippen LogP contribution is 2.19. The monoisotopic (exact) mass is 250 g/mol. The number of hydrogen-bond acceptors (Lipinski definition) is 3. The van der Waals surface area contributed by atoms with Crippen LogP contribution in [-0.4, -0.2) is 26.2 Å². The minimum atomic E-state index is 0.390. The number of benzene rings is 1. The summed E-state index contributed by atoms with van der Waals surface area (Å²) in [5.74, 6) is 1.53. The molecule has 0 aliphatic heterocycles. The normalized spacial score (nSPS) is 12.8. The van der Waals surface area contributed by atoms with Gasteiger partial charge in [0.2, 0.25) is 0 Å². The molecule has 0 saturated heterocycles. The van der Waals surface area contributed by atoms with Crippen LogP contribution < -0.4 is 15.8 Å². The third-order valence-electron chi connectivity index (χ3n) is 3.30. The predicted octanol–water partition coefficient (Wildman–Crippen LogP) is 2.12. The van der Waals surface area contributed by atoms with Crippen LogP contribution in [-0.2, 0) is 6.42 Å². The average molecular weight is 250 g/mol. The maximum absolute atomic E-state index is 5.75. The molecule has 1 aromatic carbocycles. The zero-order valence-electron chi connectivity index (χ0n) is 12.0. The van der Waals surface area contributed by atoms with Crippen molar-refractivity contribution in [2.24, 2.45) is 11.7 Å². The van der Waals surface area contributed by atoms with Gasteiger partial charge in [0.05, 0.1) is 7.11 Å². The molecule has 1 aromatic rings. The van der Waals surface area contributed by atoms with E-state index in [1.54, 1.807) is 7.11 Å². The summed E-state index contributed by atoms with van der Waals surface area (Å²) in [5.41, 5.74) is 8.27. The summed E-state index contributed by atoms with van der Waals surface area (Å²) in [6.07, 6.45) is 0.966. The van der Waals surface area contributed by atoms with Crippen LogP contribution >= 0.6 is 0 Å². The highest BCUT2D eigenvalue weighted by molar-refractivity contribution is 5.37. The quantitative estimate of drug-likeness (QED) is 0.779. The van der Waals surface area contributed by atoms with Crippen molar-refractivity contribution in [2.75, 3.05) is 20.2 Å². The molecule has 0 aliphatic rings. The molecule has 0 amide bonds. The SMILES string of the molecule is COc1ccc(C)cc1CCNC(CN)C(C)C. The Bertz CT molecular complexity index is 364. The lowest BCUT2D eigenvalue weighted by molar-refractivity contribution is 0.397. The van der Waals surface area contributed by atoms with Gasteiger partial charge in [-0.1, -0.05) is 31.5 Å². The van der Waals surface area contributed by atoms with E-state index in [9.17, 15) is 0 Å². The second-order valence-electron chi connectivity index (χ2n) is 5.11. The second kappa shape index (κ2) is 7.39. The number of nitrogens with two attached hydrogens (primary N) is 1. The van der Waals surface area contributed by atoms with Gasteiger partial charge in [-0.05, 0) is 37.4 Å². The molecule has 0 aliphatic carbocycles. The second-order valence-corrected chi connectivity index (χ2v) is 5.11. The van der Waals surface area contributed by atoms with E-state index in [4.69, 9.17) is 10.5 Å². The molecular formula is C15H26N2O. The van der Waals surface area contributed by atoms with E-state index in [1.165, 1.54) is 11.1 Å². The van der Waals surface area contributed by atoms with Gasteiger partial charge in [0, 0.05) is 12.6 Å². The minimum Gasteiger partial charge on any atom is -0.496 e. The third kappa shape index (κ3) is 4.31. The van der Waals surface area contributed by atoms with E-state index in [0.29, 0.717) is 18.5 Å².